The van der Waals surface area contributed by atoms with Crippen molar-refractivity contribution in [1.82, 2.24) is 10.4 Å². The molecule has 2 fully saturated rings. The Morgan fingerprint density at radius 2 is 1.59 bits per heavy atom. The zero-order valence-electron chi connectivity index (χ0n) is 17.2. The highest BCUT2D eigenvalue weighted by Gasteiger charge is 2.60. The SMILES string of the molecule is O=C1C2C(c3ccc(Cl)cc3)NN(C(=O)c3cccc(Br)c3)C2C(=O)N1c1ccc(Cl)cc1Cl. The minimum absolute atomic E-state index is 0.162. The standard InChI is InChI=1S/C24H15BrCl3N3O3/c25-14-3-1-2-13(10-14)22(32)31-21-19(20(29-31)12-4-6-15(26)7-5-12)23(33)30(24(21)34)18-9-8-16(27)11-17(18)28/h1-11,19-21,29H. The number of halogens is 4. The molecular formula is C24H15BrCl3N3O3. The first-order valence-electron chi connectivity index (χ1n) is 10.2. The van der Waals surface area contributed by atoms with Crippen molar-refractivity contribution in [3.05, 3.63) is 97.4 Å². The molecule has 0 saturated carbocycles. The van der Waals surface area contributed by atoms with Crippen LogP contribution in [-0.2, 0) is 9.59 Å². The van der Waals surface area contributed by atoms with E-state index in [9.17, 15) is 14.4 Å². The molecule has 34 heavy (non-hydrogen) atoms. The molecule has 6 nitrogen and oxygen atoms in total. The molecule has 0 bridgehead atoms. The summed E-state index contributed by atoms with van der Waals surface area (Å²) < 4.78 is 0.715. The van der Waals surface area contributed by atoms with Crippen LogP contribution in [0.4, 0.5) is 5.69 Å². The van der Waals surface area contributed by atoms with Crippen LogP contribution in [-0.4, -0.2) is 28.8 Å². The maximum Gasteiger partial charge on any atom is 0.268 e. The zero-order chi connectivity index (χ0) is 24.1. The number of nitrogens with one attached hydrogen (secondary N) is 1. The molecule has 5 rings (SSSR count). The Balaban J connectivity index is 1.60. The van der Waals surface area contributed by atoms with Crippen LogP contribution in [0.2, 0.25) is 15.1 Å². The van der Waals surface area contributed by atoms with Crippen LogP contribution in [0.15, 0.2) is 71.2 Å². The smallest absolute Gasteiger partial charge is 0.268 e. The number of hydrogen-bond acceptors (Lipinski definition) is 4. The predicted octanol–water partition coefficient (Wildman–Crippen LogP) is 5.67. The van der Waals surface area contributed by atoms with E-state index in [4.69, 9.17) is 34.8 Å². The van der Waals surface area contributed by atoms with E-state index in [0.29, 0.717) is 25.6 Å². The summed E-state index contributed by atoms with van der Waals surface area (Å²) in [4.78, 5) is 41.8. The Bertz CT molecular complexity index is 1330. The number of benzene rings is 3. The highest BCUT2D eigenvalue weighted by atomic mass is 79.9. The van der Waals surface area contributed by atoms with Gasteiger partial charge >= 0.3 is 0 Å². The summed E-state index contributed by atoms with van der Waals surface area (Å²) in [6.07, 6.45) is 0. The van der Waals surface area contributed by atoms with E-state index in [1.807, 2.05) is 0 Å². The molecule has 2 saturated heterocycles. The molecule has 2 aliphatic rings. The third-order valence-corrected chi connectivity index (χ3v) is 7.19. The maximum absolute atomic E-state index is 13.6. The van der Waals surface area contributed by atoms with Gasteiger partial charge in [0.05, 0.1) is 22.7 Å². The first-order valence-corrected chi connectivity index (χ1v) is 12.1. The molecule has 3 aromatic rings. The van der Waals surface area contributed by atoms with Crippen molar-refractivity contribution >= 4 is 74.1 Å². The van der Waals surface area contributed by atoms with E-state index in [-0.39, 0.29) is 10.7 Å². The van der Waals surface area contributed by atoms with Gasteiger partial charge in [0.1, 0.15) is 6.04 Å². The molecule has 10 heteroatoms. The largest absolute Gasteiger partial charge is 0.274 e. The first kappa shape index (κ1) is 23.3. The van der Waals surface area contributed by atoms with Gasteiger partial charge in [0.25, 0.3) is 11.8 Å². The van der Waals surface area contributed by atoms with Crippen LogP contribution in [0.1, 0.15) is 22.0 Å². The van der Waals surface area contributed by atoms with Crippen LogP contribution >= 0.6 is 50.7 Å². The number of imide groups is 1. The number of anilines is 1. The van der Waals surface area contributed by atoms with E-state index >= 15 is 0 Å². The van der Waals surface area contributed by atoms with Gasteiger partial charge in [0.15, 0.2) is 0 Å². The van der Waals surface area contributed by atoms with Gasteiger partial charge in [-0.15, -0.1) is 0 Å². The lowest BCUT2D eigenvalue weighted by molar-refractivity contribution is -0.123. The lowest BCUT2D eigenvalue weighted by Gasteiger charge is -2.25. The molecule has 172 valence electrons. The molecule has 2 aliphatic heterocycles. The van der Waals surface area contributed by atoms with Crippen molar-refractivity contribution in [2.45, 2.75) is 12.1 Å². The molecule has 3 unspecified atom stereocenters. The molecule has 3 amide bonds. The summed E-state index contributed by atoms with van der Waals surface area (Å²) in [5, 5.41) is 2.31. The van der Waals surface area contributed by atoms with Crippen molar-refractivity contribution in [2.75, 3.05) is 4.90 Å². The van der Waals surface area contributed by atoms with Gasteiger partial charge < -0.3 is 0 Å². The molecule has 0 aromatic heterocycles. The van der Waals surface area contributed by atoms with Gasteiger partial charge in [-0.05, 0) is 54.1 Å². The molecule has 0 spiro atoms. The van der Waals surface area contributed by atoms with Gasteiger partial charge in [-0.1, -0.05) is 68.9 Å². The van der Waals surface area contributed by atoms with Crippen molar-refractivity contribution in [2.24, 2.45) is 5.92 Å². The third kappa shape index (κ3) is 3.91. The average Bonchev–Trinajstić information content (AvgIpc) is 3.31. The zero-order valence-corrected chi connectivity index (χ0v) is 21.1. The molecule has 3 atom stereocenters. The predicted molar refractivity (Wildman–Crippen MR) is 134 cm³/mol. The fraction of sp³-hybridized carbons (Fsp3) is 0.125. The second kappa shape index (κ2) is 8.98. The summed E-state index contributed by atoms with van der Waals surface area (Å²) in [6.45, 7) is 0. The first-order chi connectivity index (χ1) is 16.3. The third-order valence-electron chi connectivity index (χ3n) is 5.90. The monoisotopic (exact) mass is 577 g/mol. The fourth-order valence-corrected chi connectivity index (χ4v) is 5.40. The van der Waals surface area contributed by atoms with Crippen molar-refractivity contribution in [1.29, 1.82) is 0 Å². The Labute approximate surface area is 218 Å². The Morgan fingerprint density at radius 3 is 2.26 bits per heavy atom. The van der Waals surface area contributed by atoms with Crippen LogP contribution in [0.25, 0.3) is 0 Å². The summed E-state index contributed by atoms with van der Waals surface area (Å²) in [7, 11) is 0. The van der Waals surface area contributed by atoms with Crippen molar-refractivity contribution in [3.63, 3.8) is 0 Å². The van der Waals surface area contributed by atoms with Gasteiger partial charge in [-0.3, -0.25) is 19.4 Å². The number of hydrogen-bond donors (Lipinski definition) is 1. The van der Waals surface area contributed by atoms with Crippen LogP contribution < -0.4 is 10.3 Å². The summed E-state index contributed by atoms with van der Waals surface area (Å²) in [5.74, 6) is -2.31. The van der Waals surface area contributed by atoms with Gasteiger partial charge in [-0.25, -0.2) is 10.3 Å². The fourth-order valence-electron chi connectivity index (χ4n) is 4.38. The maximum atomic E-state index is 13.6. The molecule has 3 aromatic carbocycles. The molecular weight excluding hydrogens is 565 g/mol. The molecule has 1 N–H and O–H groups in total. The highest BCUT2D eigenvalue weighted by Crippen LogP contribution is 2.44. The van der Waals surface area contributed by atoms with Crippen molar-refractivity contribution in [3.8, 4) is 0 Å². The van der Waals surface area contributed by atoms with Crippen LogP contribution in [0.5, 0.6) is 0 Å². The summed E-state index contributed by atoms with van der Waals surface area (Å²) in [6, 6.07) is 16.6. The molecule has 2 heterocycles. The van der Waals surface area contributed by atoms with Gasteiger partial charge in [0.2, 0.25) is 5.91 Å². The Hall–Kier alpha value is -2.42. The van der Waals surface area contributed by atoms with E-state index in [1.165, 1.54) is 17.1 Å². The highest BCUT2D eigenvalue weighted by molar-refractivity contribution is 9.10. The minimum atomic E-state index is -1.06. The topological polar surface area (TPSA) is 69.7 Å². The number of carbonyl (C=O) groups is 3. The lowest BCUT2D eigenvalue weighted by Crippen LogP contribution is -2.48. The summed E-state index contributed by atoms with van der Waals surface area (Å²) in [5.41, 5.74) is 4.41. The van der Waals surface area contributed by atoms with Crippen LogP contribution in [0, 0.1) is 5.92 Å². The van der Waals surface area contributed by atoms with Gasteiger partial charge in [-0.2, -0.15) is 0 Å². The summed E-state index contributed by atoms with van der Waals surface area (Å²) >= 11 is 21.7. The minimum Gasteiger partial charge on any atom is -0.274 e. The average molecular weight is 580 g/mol. The number of nitrogens with zero attached hydrogens (tertiary/aromatic N) is 2. The Morgan fingerprint density at radius 1 is 0.882 bits per heavy atom. The van der Waals surface area contributed by atoms with E-state index < -0.39 is 35.7 Å². The number of hydrazine groups is 1. The van der Waals surface area contributed by atoms with Crippen LogP contribution in [0.3, 0.4) is 0 Å². The second-order valence-corrected chi connectivity index (χ2v) is 10.1. The second-order valence-electron chi connectivity index (χ2n) is 7.92. The quantitative estimate of drug-likeness (QED) is 0.406. The van der Waals surface area contributed by atoms with E-state index in [2.05, 4.69) is 21.4 Å². The number of rotatable bonds is 3. The van der Waals surface area contributed by atoms with Crippen molar-refractivity contribution < 1.29 is 14.4 Å². The van der Waals surface area contributed by atoms with Gasteiger partial charge in [0, 0.05) is 20.1 Å². The van der Waals surface area contributed by atoms with E-state index in [0.717, 1.165) is 4.90 Å². The lowest BCUT2D eigenvalue weighted by atomic mass is 9.91. The Kier molecular flexibility index (Phi) is 6.16. The number of carbonyl (C=O) groups excluding carboxylic acids is 3. The number of amides is 3. The van der Waals surface area contributed by atoms with E-state index in [1.54, 1.807) is 54.6 Å². The molecule has 0 radical (unpaired) electrons. The molecule has 0 aliphatic carbocycles. The normalized spacial score (nSPS) is 21.8. The number of fused-ring (bicyclic) bond motifs is 1.